The molecule has 1 aliphatic rings. The Labute approximate surface area is 113 Å². The zero-order valence-electron chi connectivity index (χ0n) is 11.3. The van der Waals surface area contributed by atoms with Crippen molar-refractivity contribution in [3.8, 4) is 11.3 Å². The number of nitrogens with zero attached hydrogens (tertiary/aromatic N) is 2. The average Bonchev–Trinajstić information content (AvgIpc) is 2.82. The highest BCUT2D eigenvalue weighted by atomic mass is 15.0. The monoisotopic (exact) mass is 256 g/mol. The molecule has 2 aromatic heterocycles. The first kappa shape index (κ1) is 12.4. The highest BCUT2D eigenvalue weighted by Gasteiger charge is 2.16. The van der Waals surface area contributed by atoms with Crippen LogP contribution in [-0.2, 0) is 6.42 Å². The van der Waals surface area contributed by atoms with E-state index in [-0.39, 0.29) is 0 Å². The van der Waals surface area contributed by atoms with E-state index in [0.29, 0.717) is 6.04 Å². The number of piperidine rings is 1. The summed E-state index contributed by atoms with van der Waals surface area (Å²) in [6.45, 7) is 3.22. The van der Waals surface area contributed by atoms with Crippen molar-refractivity contribution in [1.29, 1.82) is 0 Å². The molecule has 0 radical (unpaired) electrons. The van der Waals surface area contributed by atoms with Crippen LogP contribution in [0.5, 0.6) is 0 Å². The standard InChI is InChI=1S/C15H20N4/c1-11-15(12-5-8-16-9-6-12)19-14(18-11)10-13-4-2-3-7-17-13/h5-6,8-9,13,17H,2-4,7,10H2,1H3,(H,18,19). The molecule has 0 aromatic carbocycles. The topological polar surface area (TPSA) is 53.6 Å². The van der Waals surface area contributed by atoms with Crippen LogP contribution in [0.15, 0.2) is 24.5 Å². The van der Waals surface area contributed by atoms with E-state index in [4.69, 9.17) is 4.98 Å². The second-order valence-corrected chi connectivity index (χ2v) is 5.24. The van der Waals surface area contributed by atoms with E-state index in [1.54, 1.807) is 0 Å². The van der Waals surface area contributed by atoms with Gasteiger partial charge in [0.2, 0.25) is 0 Å². The number of hydrogen-bond acceptors (Lipinski definition) is 3. The van der Waals surface area contributed by atoms with Gasteiger partial charge < -0.3 is 10.3 Å². The molecule has 1 aliphatic heterocycles. The largest absolute Gasteiger partial charge is 0.346 e. The molecule has 1 fully saturated rings. The SMILES string of the molecule is Cc1[nH]c(CC2CCCCN2)nc1-c1ccncc1. The molecule has 1 atom stereocenters. The second kappa shape index (κ2) is 5.53. The van der Waals surface area contributed by atoms with Crippen molar-refractivity contribution in [3.63, 3.8) is 0 Å². The molecule has 2 aromatic rings. The summed E-state index contributed by atoms with van der Waals surface area (Å²) >= 11 is 0. The van der Waals surface area contributed by atoms with E-state index in [0.717, 1.165) is 35.7 Å². The van der Waals surface area contributed by atoms with E-state index in [1.807, 2.05) is 24.5 Å². The van der Waals surface area contributed by atoms with Gasteiger partial charge in [0.05, 0.1) is 5.69 Å². The van der Waals surface area contributed by atoms with Gasteiger partial charge in [-0.3, -0.25) is 4.98 Å². The van der Waals surface area contributed by atoms with Crippen molar-refractivity contribution >= 4 is 0 Å². The zero-order valence-corrected chi connectivity index (χ0v) is 11.3. The fourth-order valence-corrected chi connectivity index (χ4v) is 2.74. The quantitative estimate of drug-likeness (QED) is 0.887. The molecule has 4 heteroatoms. The maximum atomic E-state index is 4.75. The minimum absolute atomic E-state index is 0.574. The van der Waals surface area contributed by atoms with Crippen molar-refractivity contribution in [2.24, 2.45) is 0 Å². The number of aromatic amines is 1. The van der Waals surface area contributed by atoms with E-state index >= 15 is 0 Å². The van der Waals surface area contributed by atoms with Gasteiger partial charge in [0.15, 0.2) is 0 Å². The van der Waals surface area contributed by atoms with Crippen molar-refractivity contribution in [2.45, 2.75) is 38.6 Å². The van der Waals surface area contributed by atoms with Gasteiger partial charge in [-0.15, -0.1) is 0 Å². The maximum absolute atomic E-state index is 4.75. The van der Waals surface area contributed by atoms with Gasteiger partial charge >= 0.3 is 0 Å². The number of aromatic nitrogens is 3. The highest BCUT2D eigenvalue weighted by Crippen LogP contribution is 2.21. The van der Waals surface area contributed by atoms with Crippen LogP contribution in [0.25, 0.3) is 11.3 Å². The molecule has 0 spiro atoms. The molecule has 1 unspecified atom stereocenters. The van der Waals surface area contributed by atoms with Crippen molar-refractivity contribution in [2.75, 3.05) is 6.54 Å². The number of imidazole rings is 1. The summed E-state index contributed by atoms with van der Waals surface area (Å²) in [4.78, 5) is 12.2. The van der Waals surface area contributed by atoms with Gasteiger partial charge in [0.25, 0.3) is 0 Å². The van der Waals surface area contributed by atoms with Crippen LogP contribution in [0.4, 0.5) is 0 Å². The molecule has 3 heterocycles. The van der Waals surface area contributed by atoms with Crippen LogP contribution in [-0.4, -0.2) is 27.5 Å². The molecular formula is C15H20N4. The van der Waals surface area contributed by atoms with Crippen LogP contribution in [0, 0.1) is 6.92 Å². The van der Waals surface area contributed by atoms with Crippen molar-refractivity contribution in [3.05, 3.63) is 36.0 Å². The second-order valence-electron chi connectivity index (χ2n) is 5.24. The third-order valence-corrected chi connectivity index (χ3v) is 3.74. The molecule has 4 nitrogen and oxygen atoms in total. The van der Waals surface area contributed by atoms with Crippen LogP contribution in [0.3, 0.4) is 0 Å². The molecule has 1 saturated heterocycles. The number of H-pyrrole nitrogens is 1. The van der Waals surface area contributed by atoms with Gasteiger partial charge in [-0.05, 0) is 38.4 Å². The highest BCUT2D eigenvalue weighted by molar-refractivity contribution is 5.61. The number of aryl methyl sites for hydroxylation is 1. The van der Waals surface area contributed by atoms with Crippen LogP contribution in [0.1, 0.15) is 30.8 Å². The summed E-state index contributed by atoms with van der Waals surface area (Å²) in [6.07, 6.45) is 8.50. The Hall–Kier alpha value is -1.68. The molecule has 0 aliphatic carbocycles. The number of hydrogen-bond donors (Lipinski definition) is 2. The number of pyridine rings is 1. The molecular weight excluding hydrogens is 236 g/mol. The van der Waals surface area contributed by atoms with Gasteiger partial charge in [-0.25, -0.2) is 4.98 Å². The Morgan fingerprint density at radius 2 is 2.11 bits per heavy atom. The molecule has 3 rings (SSSR count). The molecule has 2 N–H and O–H groups in total. The van der Waals surface area contributed by atoms with E-state index in [9.17, 15) is 0 Å². The Balaban J connectivity index is 1.77. The molecule has 0 amide bonds. The normalized spacial score (nSPS) is 19.5. The summed E-state index contributed by atoms with van der Waals surface area (Å²) in [5.41, 5.74) is 3.32. The van der Waals surface area contributed by atoms with Crippen LogP contribution >= 0.6 is 0 Å². The Morgan fingerprint density at radius 1 is 1.26 bits per heavy atom. The fraction of sp³-hybridized carbons (Fsp3) is 0.467. The number of nitrogens with one attached hydrogen (secondary N) is 2. The summed E-state index contributed by atoms with van der Waals surface area (Å²) in [5, 5.41) is 3.57. The molecule has 19 heavy (non-hydrogen) atoms. The van der Waals surface area contributed by atoms with Gasteiger partial charge in [-0.2, -0.15) is 0 Å². The summed E-state index contributed by atoms with van der Waals surface area (Å²) in [5.74, 6) is 1.09. The third-order valence-electron chi connectivity index (χ3n) is 3.74. The minimum atomic E-state index is 0.574. The first-order valence-electron chi connectivity index (χ1n) is 7.02. The van der Waals surface area contributed by atoms with Crippen molar-refractivity contribution in [1.82, 2.24) is 20.3 Å². The first-order chi connectivity index (χ1) is 9.33. The van der Waals surface area contributed by atoms with E-state index in [1.165, 1.54) is 19.3 Å². The Kier molecular flexibility index (Phi) is 3.60. The predicted octanol–water partition coefficient (Wildman–Crippen LogP) is 2.46. The van der Waals surface area contributed by atoms with E-state index in [2.05, 4.69) is 22.2 Å². The van der Waals surface area contributed by atoms with Crippen molar-refractivity contribution < 1.29 is 0 Å². The lowest BCUT2D eigenvalue weighted by atomic mass is 10.0. The van der Waals surface area contributed by atoms with Gasteiger partial charge in [0, 0.05) is 36.1 Å². The third kappa shape index (κ3) is 2.84. The van der Waals surface area contributed by atoms with Crippen LogP contribution in [0.2, 0.25) is 0 Å². The summed E-state index contributed by atoms with van der Waals surface area (Å²) < 4.78 is 0. The average molecular weight is 256 g/mol. The maximum Gasteiger partial charge on any atom is 0.108 e. The summed E-state index contributed by atoms with van der Waals surface area (Å²) in [7, 11) is 0. The van der Waals surface area contributed by atoms with Gasteiger partial charge in [0.1, 0.15) is 5.82 Å². The fourth-order valence-electron chi connectivity index (χ4n) is 2.74. The lowest BCUT2D eigenvalue weighted by molar-refractivity contribution is 0.395. The minimum Gasteiger partial charge on any atom is -0.346 e. The lowest BCUT2D eigenvalue weighted by Crippen LogP contribution is -2.35. The molecule has 100 valence electrons. The van der Waals surface area contributed by atoms with E-state index < -0.39 is 0 Å². The first-order valence-corrected chi connectivity index (χ1v) is 7.02. The number of rotatable bonds is 3. The Morgan fingerprint density at radius 3 is 2.84 bits per heavy atom. The summed E-state index contributed by atoms with van der Waals surface area (Å²) in [6, 6.07) is 4.59. The smallest absolute Gasteiger partial charge is 0.108 e. The lowest BCUT2D eigenvalue weighted by Gasteiger charge is -2.22. The Bertz CT molecular complexity index is 526. The van der Waals surface area contributed by atoms with Gasteiger partial charge in [-0.1, -0.05) is 6.42 Å². The van der Waals surface area contributed by atoms with Crippen LogP contribution < -0.4 is 5.32 Å². The zero-order chi connectivity index (χ0) is 13.1. The molecule has 0 saturated carbocycles. The molecule has 0 bridgehead atoms. The predicted molar refractivity (Wildman–Crippen MR) is 75.9 cm³/mol.